The largest absolute Gasteiger partial charge is 0.336 e. The molecule has 0 N–H and O–H groups in total. The molecule has 1 atom stereocenters. The Morgan fingerprint density at radius 3 is 2.20 bits per heavy atom. The molecule has 0 aliphatic carbocycles. The molecule has 1 saturated heterocycles. The van der Waals surface area contributed by atoms with Crippen LogP contribution in [0.4, 0.5) is 13.2 Å². The van der Waals surface area contributed by atoms with Gasteiger partial charge >= 0.3 is 0 Å². The van der Waals surface area contributed by atoms with Gasteiger partial charge in [0.25, 0.3) is 5.91 Å². The van der Waals surface area contributed by atoms with Crippen molar-refractivity contribution in [1.29, 1.82) is 0 Å². The second kappa shape index (κ2) is 7.27. The fraction of sp³-hybridized carbons (Fsp3) is 0.316. The zero-order chi connectivity index (χ0) is 18.0. The van der Waals surface area contributed by atoms with E-state index in [2.05, 4.69) is 24.0 Å². The van der Waals surface area contributed by atoms with Crippen molar-refractivity contribution in [3.05, 3.63) is 71.0 Å². The molecule has 1 heterocycles. The van der Waals surface area contributed by atoms with Crippen LogP contribution in [0.5, 0.6) is 0 Å². The lowest BCUT2D eigenvalue weighted by atomic mass is 10.1. The summed E-state index contributed by atoms with van der Waals surface area (Å²) in [4.78, 5) is 16.1. The molecule has 0 radical (unpaired) electrons. The highest BCUT2D eigenvalue weighted by Crippen LogP contribution is 2.23. The van der Waals surface area contributed by atoms with Crippen LogP contribution in [0.3, 0.4) is 0 Å². The molecule has 132 valence electrons. The van der Waals surface area contributed by atoms with Crippen LogP contribution in [0, 0.1) is 17.5 Å². The monoisotopic (exact) mass is 348 g/mol. The van der Waals surface area contributed by atoms with E-state index in [-0.39, 0.29) is 6.04 Å². The van der Waals surface area contributed by atoms with Crippen molar-refractivity contribution in [3.63, 3.8) is 0 Å². The number of carbonyl (C=O) groups is 1. The van der Waals surface area contributed by atoms with E-state index in [1.165, 1.54) is 10.5 Å². The van der Waals surface area contributed by atoms with Crippen LogP contribution >= 0.6 is 0 Å². The lowest BCUT2D eigenvalue weighted by Crippen LogP contribution is -2.49. The van der Waals surface area contributed by atoms with E-state index in [1.54, 1.807) is 0 Å². The minimum atomic E-state index is -1.61. The second-order valence-electron chi connectivity index (χ2n) is 6.14. The number of nitrogens with zero attached hydrogens (tertiary/aromatic N) is 2. The summed E-state index contributed by atoms with van der Waals surface area (Å²) in [6.45, 7) is 4.19. The molecule has 0 spiro atoms. The Labute approximate surface area is 144 Å². The maximum atomic E-state index is 13.8. The lowest BCUT2D eigenvalue weighted by Gasteiger charge is -2.38. The molecule has 2 aromatic rings. The van der Waals surface area contributed by atoms with Crippen LogP contribution in [0.25, 0.3) is 0 Å². The zero-order valence-electron chi connectivity index (χ0n) is 13.9. The summed E-state index contributed by atoms with van der Waals surface area (Å²) in [5, 5.41) is 0. The normalized spacial score (nSPS) is 16.7. The third kappa shape index (κ3) is 3.54. The molecule has 0 saturated carbocycles. The molecule has 25 heavy (non-hydrogen) atoms. The summed E-state index contributed by atoms with van der Waals surface area (Å²) in [7, 11) is 0. The van der Waals surface area contributed by atoms with Crippen molar-refractivity contribution in [3.8, 4) is 0 Å². The first-order valence-electron chi connectivity index (χ1n) is 8.21. The highest BCUT2D eigenvalue weighted by atomic mass is 19.2. The van der Waals surface area contributed by atoms with E-state index in [1.807, 2.05) is 18.2 Å². The van der Waals surface area contributed by atoms with E-state index in [4.69, 9.17) is 0 Å². The van der Waals surface area contributed by atoms with Crippen molar-refractivity contribution >= 4 is 5.91 Å². The average Bonchev–Trinajstić information content (AvgIpc) is 2.66. The number of hydrogen-bond donors (Lipinski definition) is 0. The minimum absolute atomic E-state index is 0.207. The van der Waals surface area contributed by atoms with Gasteiger partial charge in [-0.25, -0.2) is 13.2 Å². The Kier molecular flexibility index (Phi) is 5.08. The van der Waals surface area contributed by atoms with Gasteiger partial charge in [0.2, 0.25) is 0 Å². The van der Waals surface area contributed by atoms with Gasteiger partial charge in [-0.05, 0) is 24.6 Å². The minimum Gasteiger partial charge on any atom is -0.336 e. The maximum Gasteiger partial charge on any atom is 0.257 e. The Balaban J connectivity index is 1.66. The van der Waals surface area contributed by atoms with E-state index < -0.39 is 28.9 Å². The molecule has 0 bridgehead atoms. The summed E-state index contributed by atoms with van der Waals surface area (Å²) in [6.07, 6.45) is 0. The van der Waals surface area contributed by atoms with Crippen LogP contribution < -0.4 is 0 Å². The first-order chi connectivity index (χ1) is 12.0. The number of piperazine rings is 1. The van der Waals surface area contributed by atoms with Crippen LogP contribution in [0.2, 0.25) is 0 Å². The van der Waals surface area contributed by atoms with Gasteiger partial charge < -0.3 is 4.90 Å². The molecule has 6 heteroatoms. The molecule has 3 nitrogen and oxygen atoms in total. The summed E-state index contributed by atoms with van der Waals surface area (Å²) >= 11 is 0. The van der Waals surface area contributed by atoms with Gasteiger partial charge in [0.15, 0.2) is 17.5 Å². The number of benzene rings is 2. The van der Waals surface area contributed by atoms with E-state index in [0.717, 1.165) is 12.1 Å². The molecule has 0 aromatic heterocycles. The zero-order valence-corrected chi connectivity index (χ0v) is 13.9. The highest BCUT2D eigenvalue weighted by molar-refractivity contribution is 5.94. The average molecular weight is 348 g/mol. The molecular weight excluding hydrogens is 329 g/mol. The Bertz CT molecular complexity index is 759. The van der Waals surface area contributed by atoms with Crippen LogP contribution in [0.1, 0.15) is 28.9 Å². The third-order valence-electron chi connectivity index (χ3n) is 4.70. The quantitative estimate of drug-likeness (QED) is 0.791. The van der Waals surface area contributed by atoms with Gasteiger partial charge in [0, 0.05) is 32.2 Å². The molecule has 1 aliphatic rings. The Morgan fingerprint density at radius 1 is 0.920 bits per heavy atom. The van der Waals surface area contributed by atoms with E-state index in [9.17, 15) is 18.0 Å². The Hall–Kier alpha value is -2.34. The molecule has 1 fully saturated rings. The number of hydrogen-bond acceptors (Lipinski definition) is 2. The molecule has 1 aliphatic heterocycles. The van der Waals surface area contributed by atoms with Crippen molar-refractivity contribution in [2.24, 2.45) is 0 Å². The van der Waals surface area contributed by atoms with Crippen molar-refractivity contribution in [1.82, 2.24) is 9.80 Å². The molecule has 1 unspecified atom stereocenters. The van der Waals surface area contributed by atoms with Gasteiger partial charge in [-0.2, -0.15) is 0 Å². The number of rotatable bonds is 3. The summed E-state index contributed by atoms with van der Waals surface area (Å²) in [5.74, 6) is -4.94. The van der Waals surface area contributed by atoms with Crippen molar-refractivity contribution in [2.45, 2.75) is 13.0 Å². The van der Waals surface area contributed by atoms with Gasteiger partial charge in [-0.15, -0.1) is 0 Å². The predicted octanol–water partition coefficient (Wildman–Crippen LogP) is 3.62. The summed E-state index contributed by atoms with van der Waals surface area (Å²) < 4.78 is 40.2. The van der Waals surface area contributed by atoms with Gasteiger partial charge in [0.1, 0.15) is 0 Å². The number of carbonyl (C=O) groups excluding carboxylic acids is 1. The number of halogens is 3. The maximum absolute atomic E-state index is 13.8. The lowest BCUT2D eigenvalue weighted by molar-refractivity contribution is 0.0576. The van der Waals surface area contributed by atoms with Gasteiger partial charge in [-0.1, -0.05) is 30.3 Å². The van der Waals surface area contributed by atoms with Gasteiger partial charge in [0.05, 0.1) is 5.56 Å². The highest BCUT2D eigenvalue weighted by Gasteiger charge is 2.28. The topological polar surface area (TPSA) is 23.6 Å². The third-order valence-corrected chi connectivity index (χ3v) is 4.70. The van der Waals surface area contributed by atoms with E-state index >= 15 is 0 Å². The Morgan fingerprint density at radius 2 is 1.56 bits per heavy atom. The standard InChI is InChI=1S/C19H19F3N2O/c1-13(14-5-3-2-4-6-14)23-9-11-24(12-10-23)19(25)15-7-8-16(20)18(22)17(15)21/h2-8,13H,9-12H2,1H3. The fourth-order valence-corrected chi connectivity index (χ4v) is 3.12. The molecule has 2 aromatic carbocycles. The van der Waals surface area contributed by atoms with Crippen molar-refractivity contribution in [2.75, 3.05) is 26.2 Å². The van der Waals surface area contributed by atoms with Crippen LogP contribution in [-0.4, -0.2) is 41.9 Å². The van der Waals surface area contributed by atoms with Crippen LogP contribution in [-0.2, 0) is 0 Å². The summed E-state index contributed by atoms with van der Waals surface area (Å²) in [5.41, 5.74) is 0.761. The van der Waals surface area contributed by atoms with E-state index in [0.29, 0.717) is 26.2 Å². The first-order valence-corrected chi connectivity index (χ1v) is 8.21. The molecule has 1 amide bonds. The SMILES string of the molecule is CC(c1ccccc1)N1CCN(C(=O)c2ccc(F)c(F)c2F)CC1. The predicted molar refractivity (Wildman–Crippen MR) is 88.6 cm³/mol. The van der Waals surface area contributed by atoms with Crippen molar-refractivity contribution < 1.29 is 18.0 Å². The second-order valence-corrected chi connectivity index (χ2v) is 6.14. The molecular formula is C19H19F3N2O. The summed E-state index contributed by atoms with van der Waals surface area (Å²) in [6, 6.07) is 12.0. The fourth-order valence-electron chi connectivity index (χ4n) is 3.12. The first kappa shape index (κ1) is 17.5. The van der Waals surface area contributed by atoms with Gasteiger partial charge in [-0.3, -0.25) is 9.69 Å². The smallest absolute Gasteiger partial charge is 0.257 e. The molecule has 3 rings (SSSR count). The van der Waals surface area contributed by atoms with Crippen LogP contribution in [0.15, 0.2) is 42.5 Å². The number of amides is 1.